The lowest BCUT2D eigenvalue weighted by molar-refractivity contribution is 0.106. The molecule has 0 N–H and O–H groups in total. The van der Waals surface area contributed by atoms with Gasteiger partial charge in [-0.3, -0.25) is 0 Å². The van der Waals surface area contributed by atoms with Crippen LogP contribution in [-0.4, -0.2) is 0 Å². The molecule has 3 heteroatoms. The van der Waals surface area contributed by atoms with E-state index in [1.165, 1.54) is 11.1 Å². The van der Waals surface area contributed by atoms with Gasteiger partial charge in [0.15, 0.2) is 0 Å². The average Bonchev–Trinajstić information content (AvgIpc) is 2.53. The highest BCUT2D eigenvalue weighted by Crippen LogP contribution is 2.46. The van der Waals surface area contributed by atoms with E-state index in [0.29, 0.717) is 0 Å². The van der Waals surface area contributed by atoms with Gasteiger partial charge in [0.2, 0.25) is 0 Å². The van der Waals surface area contributed by atoms with Gasteiger partial charge in [0.05, 0.1) is 0 Å². The van der Waals surface area contributed by atoms with Gasteiger partial charge >= 0.3 is 0 Å². The molecule has 4 rings (SSSR count). The lowest BCUT2D eigenvalue weighted by Gasteiger charge is -2.35. The highest BCUT2D eigenvalue weighted by Gasteiger charge is 2.32. The number of halogens is 2. The van der Waals surface area contributed by atoms with Gasteiger partial charge in [-0.05, 0) is 54.8 Å². The SMILES string of the molecule is CC1(C)Oc2cc(-c3cc(Br)cc(Br)c3)ccc2-c2ccccc21. The zero-order valence-corrected chi connectivity index (χ0v) is 16.6. The number of hydrogen-bond donors (Lipinski definition) is 0. The van der Waals surface area contributed by atoms with E-state index in [4.69, 9.17) is 4.74 Å². The fraction of sp³-hybridized carbons (Fsp3) is 0.143. The Bertz CT molecular complexity index is 924. The Labute approximate surface area is 158 Å². The first-order valence-corrected chi connectivity index (χ1v) is 9.42. The number of rotatable bonds is 1. The van der Waals surface area contributed by atoms with Crippen molar-refractivity contribution < 1.29 is 4.74 Å². The third kappa shape index (κ3) is 2.70. The normalized spacial score (nSPS) is 14.5. The summed E-state index contributed by atoms with van der Waals surface area (Å²) >= 11 is 7.13. The smallest absolute Gasteiger partial charge is 0.129 e. The quantitative estimate of drug-likeness (QED) is 0.387. The summed E-state index contributed by atoms with van der Waals surface area (Å²) in [7, 11) is 0. The lowest BCUT2D eigenvalue weighted by Crippen LogP contribution is -2.29. The third-order valence-corrected chi connectivity index (χ3v) is 5.32. The van der Waals surface area contributed by atoms with Gasteiger partial charge in [-0.15, -0.1) is 0 Å². The molecule has 0 fully saturated rings. The van der Waals surface area contributed by atoms with Gasteiger partial charge in [0, 0.05) is 20.1 Å². The van der Waals surface area contributed by atoms with Crippen LogP contribution in [0.2, 0.25) is 0 Å². The van der Waals surface area contributed by atoms with Gasteiger partial charge in [0.25, 0.3) is 0 Å². The largest absolute Gasteiger partial charge is 0.482 e. The van der Waals surface area contributed by atoms with E-state index in [1.807, 2.05) is 6.07 Å². The summed E-state index contributed by atoms with van der Waals surface area (Å²) in [5.41, 5.74) is 5.61. The van der Waals surface area contributed by atoms with Crippen molar-refractivity contribution in [3.63, 3.8) is 0 Å². The summed E-state index contributed by atoms with van der Waals surface area (Å²) in [4.78, 5) is 0. The van der Waals surface area contributed by atoms with E-state index in [0.717, 1.165) is 31.4 Å². The average molecular weight is 444 g/mol. The molecule has 1 aliphatic rings. The second-order valence-electron chi connectivity index (χ2n) is 6.53. The summed E-state index contributed by atoms with van der Waals surface area (Å²) < 4.78 is 8.45. The van der Waals surface area contributed by atoms with Crippen LogP contribution in [0.3, 0.4) is 0 Å². The van der Waals surface area contributed by atoms with E-state index >= 15 is 0 Å². The first-order chi connectivity index (χ1) is 11.4. The minimum Gasteiger partial charge on any atom is -0.482 e. The maximum Gasteiger partial charge on any atom is 0.129 e. The molecule has 0 atom stereocenters. The molecular weight excluding hydrogens is 428 g/mol. The van der Waals surface area contributed by atoms with E-state index in [-0.39, 0.29) is 5.60 Å². The highest BCUT2D eigenvalue weighted by atomic mass is 79.9. The summed E-state index contributed by atoms with van der Waals surface area (Å²) in [6.07, 6.45) is 0. The highest BCUT2D eigenvalue weighted by molar-refractivity contribution is 9.11. The van der Waals surface area contributed by atoms with Crippen LogP contribution in [0.1, 0.15) is 19.4 Å². The minimum absolute atomic E-state index is 0.333. The van der Waals surface area contributed by atoms with E-state index < -0.39 is 0 Å². The van der Waals surface area contributed by atoms with Gasteiger partial charge in [-0.2, -0.15) is 0 Å². The molecule has 0 amide bonds. The summed E-state index contributed by atoms with van der Waals surface area (Å²) in [5.74, 6) is 0.937. The second kappa shape index (κ2) is 5.75. The predicted molar refractivity (Wildman–Crippen MR) is 106 cm³/mol. The van der Waals surface area contributed by atoms with Crippen LogP contribution >= 0.6 is 31.9 Å². The molecule has 0 saturated heterocycles. The van der Waals surface area contributed by atoms with Crippen LogP contribution in [0.4, 0.5) is 0 Å². The van der Waals surface area contributed by atoms with Crippen LogP contribution in [0.25, 0.3) is 22.3 Å². The maximum atomic E-state index is 6.34. The molecule has 3 aromatic carbocycles. The van der Waals surface area contributed by atoms with Crippen LogP contribution in [0.5, 0.6) is 5.75 Å². The van der Waals surface area contributed by atoms with Crippen molar-refractivity contribution in [2.45, 2.75) is 19.4 Å². The molecule has 0 radical (unpaired) electrons. The molecular formula is C21H16Br2O. The molecule has 0 spiro atoms. The van der Waals surface area contributed by atoms with Gasteiger partial charge < -0.3 is 4.74 Å². The van der Waals surface area contributed by atoms with Gasteiger partial charge in [0.1, 0.15) is 11.4 Å². The van der Waals surface area contributed by atoms with E-state index in [9.17, 15) is 0 Å². The first kappa shape index (κ1) is 15.9. The van der Waals surface area contributed by atoms with Crippen molar-refractivity contribution >= 4 is 31.9 Å². The topological polar surface area (TPSA) is 9.23 Å². The molecule has 0 bridgehead atoms. The Morgan fingerprint density at radius 3 is 2.21 bits per heavy atom. The Hall–Kier alpha value is -1.58. The van der Waals surface area contributed by atoms with Crippen molar-refractivity contribution in [2.75, 3.05) is 0 Å². The van der Waals surface area contributed by atoms with Crippen LogP contribution in [0, 0.1) is 0 Å². The summed E-state index contributed by atoms with van der Waals surface area (Å²) in [6, 6.07) is 21.2. The molecule has 0 aromatic heterocycles. The fourth-order valence-electron chi connectivity index (χ4n) is 3.30. The standard InChI is InChI=1S/C21H16Br2O/c1-21(2)19-6-4-3-5-17(19)18-8-7-13(11-20(18)24-21)14-9-15(22)12-16(23)10-14/h3-12H,1-2H3. The van der Waals surface area contributed by atoms with Crippen molar-refractivity contribution in [1.29, 1.82) is 0 Å². The number of hydrogen-bond acceptors (Lipinski definition) is 1. The third-order valence-electron chi connectivity index (χ3n) is 4.41. The Balaban J connectivity index is 1.88. The van der Waals surface area contributed by atoms with Crippen molar-refractivity contribution in [1.82, 2.24) is 0 Å². The molecule has 0 unspecified atom stereocenters. The Kier molecular flexibility index (Phi) is 3.81. The molecule has 1 aliphatic heterocycles. The van der Waals surface area contributed by atoms with Crippen molar-refractivity contribution in [2.24, 2.45) is 0 Å². The first-order valence-electron chi connectivity index (χ1n) is 7.83. The van der Waals surface area contributed by atoms with Crippen molar-refractivity contribution in [3.05, 3.63) is 75.2 Å². The molecule has 1 heterocycles. The second-order valence-corrected chi connectivity index (χ2v) is 8.36. The number of fused-ring (bicyclic) bond motifs is 3. The monoisotopic (exact) mass is 442 g/mol. The lowest BCUT2D eigenvalue weighted by atomic mass is 9.85. The zero-order valence-electron chi connectivity index (χ0n) is 13.4. The van der Waals surface area contributed by atoms with E-state index in [1.54, 1.807) is 0 Å². The number of ether oxygens (including phenoxy) is 1. The zero-order chi connectivity index (χ0) is 16.9. The van der Waals surface area contributed by atoms with Crippen LogP contribution in [-0.2, 0) is 5.60 Å². The summed E-state index contributed by atoms with van der Waals surface area (Å²) in [5, 5.41) is 0. The number of benzene rings is 3. The van der Waals surface area contributed by atoms with Crippen LogP contribution in [0.15, 0.2) is 69.6 Å². The molecule has 0 saturated carbocycles. The molecule has 3 aromatic rings. The molecule has 0 aliphatic carbocycles. The predicted octanol–water partition coefficient (Wildman–Crippen LogP) is 7.17. The maximum absolute atomic E-state index is 6.34. The van der Waals surface area contributed by atoms with Gasteiger partial charge in [-0.1, -0.05) is 68.3 Å². The van der Waals surface area contributed by atoms with Crippen LogP contribution < -0.4 is 4.74 Å². The Morgan fingerprint density at radius 1 is 0.750 bits per heavy atom. The Morgan fingerprint density at radius 2 is 1.46 bits per heavy atom. The van der Waals surface area contributed by atoms with Crippen molar-refractivity contribution in [3.8, 4) is 28.0 Å². The molecule has 120 valence electrons. The fourth-order valence-corrected chi connectivity index (χ4v) is 4.60. The van der Waals surface area contributed by atoms with E-state index in [2.05, 4.69) is 100 Å². The summed E-state index contributed by atoms with van der Waals surface area (Å²) in [6.45, 7) is 4.24. The molecule has 24 heavy (non-hydrogen) atoms. The minimum atomic E-state index is -0.333. The van der Waals surface area contributed by atoms with Gasteiger partial charge in [-0.25, -0.2) is 0 Å². The molecule has 1 nitrogen and oxygen atoms in total.